The van der Waals surface area contributed by atoms with E-state index >= 15 is 0 Å². The molecule has 1 fully saturated rings. The Balaban J connectivity index is 1.97. The summed E-state index contributed by atoms with van der Waals surface area (Å²) >= 11 is 0. The quantitative estimate of drug-likeness (QED) is 0.682. The smallest absolute Gasteiger partial charge is 0.317 e. The zero-order valence-corrected chi connectivity index (χ0v) is 14.0. The maximum atomic E-state index is 12.2. The van der Waals surface area contributed by atoms with Gasteiger partial charge in [-0.05, 0) is 38.2 Å². The molecule has 2 atom stereocenters. The number of amides is 1. The van der Waals surface area contributed by atoms with Crippen LogP contribution < -0.4 is 10.0 Å². The minimum atomic E-state index is -0.318. The predicted molar refractivity (Wildman–Crippen MR) is 86.3 cm³/mol. The van der Waals surface area contributed by atoms with Crippen molar-refractivity contribution in [1.82, 2.24) is 10.2 Å². The number of likely N-dealkylation sites (tertiary alicyclic amines) is 1. The van der Waals surface area contributed by atoms with E-state index in [1.807, 2.05) is 0 Å². The molecule has 0 radical (unpaired) electrons. The van der Waals surface area contributed by atoms with Gasteiger partial charge in [-0.1, -0.05) is 13.8 Å². The van der Waals surface area contributed by atoms with Crippen LogP contribution in [0.3, 0.4) is 0 Å². The zero-order chi connectivity index (χ0) is 16.3. The van der Waals surface area contributed by atoms with Crippen LogP contribution in [-0.2, 0) is 0 Å². The van der Waals surface area contributed by atoms with Gasteiger partial charge in [0.05, 0.1) is 0 Å². The number of nitrogens with zero attached hydrogens (tertiary/aromatic N) is 2. The zero-order valence-electron chi connectivity index (χ0n) is 14.0. The van der Waals surface area contributed by atoms with E-state index in [0.29, 0.717) is 23.1 Å². The van der Waals surface area contributed by atoms with Crippen LogP contribution in [0.4, 0.5) is 0 Å². The molecule has 0 saturated carbocycles. The van der Waals surface area contributed by atoms with Gasteiger partial charge < -0.3 is 10.5 Å². The summed E-state index contributed by atoms with van der Waals surface area (Å²) in [4.78, 5) is 14.6. The van der Waals surface area contributed by atoms with E-state index in [1.54, 1.807) is 18.2 Å². The van der Waals surface area contributed by atoms with Gasteiger partial charge in [-0.3, -0.25) is 9.69 Å². The molecule has 1 aromatic heterocycles. The van der Waals surface area contributed by atoms with E-state index in [1.165, 1.54) is 12.6 Å². The van der Waals surface area contributed by atoms with Crippen LogP contribution in [-0.4, -0.2) is 36.0 Å². The maximum absolute atomic E-state index is 12.2. The summed E-state index contributed by atoms with van der Waals surface area (Å²) in [6.07, 6.45) is 2.60. The second-order valence-corrected chi connectivity index (χ2v) is 7.26. The van der Waals surface area contributed by atoms with Gasteiger partial charge in [0.1, 0.15) is 0 Å². The molecule has 0 spiro atoms. The Morgan fingerprint density at radius 2 is 2.00 bits per heavy atom. The van der Waals surface area contributed by atoms with Gasteiger partial charge in [-0.25, -0.2) is 0 Å². The Morgan fingerprint density at radius 1 is 1.36 bits per heavy atom. The summed E-state index contributed by atoms with van der Waals surface area (Å²) < 4.78 is 0.605. The molecule has 1 aromatic rings. The fraction of sp³-hybridized carbons (Fsp3) is 0.647. The molecule has 1 aliphatic rings. The third-order valence-electron chi connectivity index (χ3n) is 4.46. The van der Waals surface area contributed by atoms with Crippen LogP contribution in [0.15, 0.2) is 24.4 Å². The average molecular weight is 305 g/mol. The first-order chi connectivity index (χ1) is 10.3. The fourth-order valence-electron chi connectivity index (χ4n) is 3.26. The molecule has 2 rings (SSSR count). The Labute approximate surface area is 132 Å². The molecule has 1 N–H and O–H groups in total. The van der Waals surface area contributed by atoms with Crippen LogP contribution in [0.5, 0.6) is 0 Å². The summed E-state index contributed by atoms with van der Waals surface area (Å²) in [5.74, 6) is 1.04. The van der Waals surface area contributed by atoms with Crippen molar-refractivity contribution in [2.45, 2.75) is 39.7 Å². The second kappa shape index (κ2) is 6.65. The van der Waals surface area contributed by atoms with Crippen molar-refractivity contribution in [1.29, 1.82) is 0 Å². The number of hydrogen-bond donors (Lipinski definition) is 1. The highest BCUT2D eigenvalue weighted by Crippen LogP contribution is 2.26. The van der Waals surface area contributed by atoms with Gasteiger partial charge in [0.15, 0.2) is 6.20 Å². The van der Waals surface area contributed by atoms with Crippen molar-refractivity contribution in [3.63, 3.8) is 0 Å². The molecule has 5 nitrogen and oxygen atoms in total. The molecule has 122 valence electrons. The molecule has 5 heteroatoms. The lowest BCUT2D eigenvalue weighted by Gasteiger charge is -2.45. The SMILES string of the molecule is C[C@@H]1C[C@@H](C)CN(C(C)(C)CNC(=O)c2cccc[n+]2[O-])C1. The molecule has 0 unspecified atom stereocenters. The highest BCUT2D eigenvalue weighted by molar-refractivity contribution is 5.90. The van der Waals surface area contributed by atoms with Crippen molar-refractivity contribution in [3.05, 3.63) is 35.3 Å². The molecular formula is C17H27N3O2. The first kappa shape index (κ1) is 16.7. The number of rotatable bonds is 4. The Bertz CT molecular complexity index is 520. The van der Waals surface area contributed by atoms with Crippen LogP contribution in [0.2, 0.25) is 0 Å². The highest BCUT2D eigenvalue weighted by Gasteiger charge is 2.33. The number of pyridine rings is 1. The number of nitrogens with one attached hydrogen (secondary N) is 1. The Hall–Kier alpha value is -1.62. The Kier molecular flexibility index (Phi) is 5.06. The average Bonchev–Trinajstić information content (AvgIpc) is 2.44. The topological polar surface area (TPSA) is 59.3 Å². The minimum Gasteiger partial charge on any atom is -0.618 e. The van der Waals surface area contributed by atoms with E-state index in [4.69, 9.17) is 0 Å². The summed E-state index contributed by atoms with van der Waals surface area (Å²) in [6.45, 7) is 11.5. The van der Waals surface area contributed by atoms with E-state index < -0.39 is 0 Å². The van der Waals surface area contributed by atoms with Crippen molar-refractivity contribution in [2.24, 2.45) is 11.8 Å². The number of aromatic nitrogens is 1. The van der Waals surface area contributed by atoms with Crippen molar-refractivity contribution < 1.29 is 9.52 Å². The molecule has 0 aromatic carbocycles. The van der Waals surface area contributed by atoms with Crippen molar-refractivity contribution in [2.75, 3.05) is 19.6 Å². The van der Waals surface area contributed by atoms with E-state index in [-0.39, 0.29) is 17.1 Å². The molecular weight excluding hydrogens is 278 g/mol. The standard InChI is InChI=1S/C17H27N3O2/c1-13-9-14(2)11-19(10-13)17(3,4)12-18-16(21)15-7-5-6-8-20(15)22/h5-8,13-14H,9-12H2,1-4H3,(H,18,21)/t13-,14-/m1/s1. The number of carbonyl (C=O) groups is 1. The summed E-state index contributed by atoms with van der Waals surface area (Å²) in [5.41, 5.74) is 0.0138. The molecule has 0 aliphatic carbocycles. The lowest BCUT2D eigenvalue weighted by molar-refractivity contribution is -0.607. The summed E-state index contributed by atoms with van der Waals surface area (Å²) in [6, 6.07) is 4.85. The molecule has 0 bridgehead atoms. The molecule has 22 heavy (non-hydrogen) atoms. The minimum absolute atomic E-state index is 0.124. The second-order valence-electron chi connectivity index (χ2n) is 7.26. The van der Waals surface area contributed by atoms with Gasteiger partial charge in [0.25, 0.3) is 5.69 Å². The van der Waals surface area contributed by atoms with Crippen LogP contribution in [0.1, 0.15) is 44.6 Å². The first-order valence-corrected chi connectivity index (χ1v) is 8.01. The van der Waals surface area contributed by atoms with Crippen LogP contribution in [0.25, 0.3) is 0 Å². The first-order valence-electron chi connectivity index (χ1n) is 8.01. The number of piperidine rings is 1. The lowest BCUT2D eigenvalue weighted by atomic mass is 9.88. The number of hydrogen-bond acceptors (Lipinski definition) is 3. The third kappa shape index (κ3) is 3.97. The number of carbonyl (C=O) groups excluding carboxylic acids is 1. The highest BCUT2D eigenvalue weighted by atomic mass is 16.5. The van der Waals surface area contributed by atoms with Gasteiger partial charge in [-0.2, -0.15) is 4.73 Å². The Morgan fingerprint density at radius 3 is 2.59 bits per heavy atom. The maximum Gasteiger partial charge on any atom is 0.317 e. The lowest BCUT2D eigenvalue weighted by Crippen LogP contribution is -2.56. The molecule has 2 heterocycles. The molecule has 1 aliphatic heterocycles. The third-order valence-corrected chi connectivity index (χ3v) is 4.46. The van der Waals surface area contributed by atoms with E-state index in [2.05, 4.69) is 37.9 Å². The van der Waals surface area contributed by atoms with Crippen LogP contribution in [0, 0.1) is 17.0 Å². The van der Waals surface area contributed by atoms with Crippen LogP contribution >= 0.6 is 0 Å². The predicted octanol–water partition coefficient (Wildman–Crippen LogP) is 1.81. The largest absolute Gasteiger partial charge is 0.618 e. The van der Waals surface area contributed by atoms with Gasteiger partial charge in [0, 0.05) is 37.3 Å². The molecule has 1 amide bonds. The summed E-state index contributed by atoms with van der Waals surface area (Å²) in [5, 5.41) is 14.5. The summed E-state index contributed by atoms with van der Waals surface area (Å²) in [7, 11) is 0. The fourth-order valence-corrected chi connectivity index (χ4v) is 3.26. The monoisotopic (exact) mass is 305 g/mol. The normalized spacial score (nSPS) is 23.3. The molecule has 1 saturated heterocycles. The van der Waals surface area contributed by atoms with Gasteiger partial charge in [0.2, 0.25) is 0 Å². The van der Waals surface area contributed by atoms with E-state index in [9.17, 15) is 10.0 Å². The van der Waals surface area contributed by atoms with Gasteiger partial charge in [-0.15, -0.1) is 0 Å². The van der Waals surface area contributed by atoms with Crippen molar-refractivity contribution in [3.8, 4) is 0 Å². The van der Waals surface area contributed by atoms with E-state index in [0.717, 1.165) is 13.1 Å². The van der Waals surface area contributed by atoms with Gasteiger partial charge >= 0.3 is 5.91 Å². The van der Waals surface area contributed by atoms with Crippen molar-refractivity contribution >= 4 is 5.91 Å².